The summed E-state index contributed by atoms with van der Waals surface area (Å²) in [6, 6.07) is -0.584. The molecule has 2 amide bonds. The lowest BCUT2D eigenvalue weighted by molar-refractivity contribution is -0.138. The number of nitrogens with one attached hydrogen (secondary N) is 3. The van der Waals surface area contributed by atoms with Crippen LogP contribution in [0.5, 0.6) is 0 Å². The molecule has 1 aliphatic rings. The van der Waals surface area contributed by atoms with Crippen molar-refractivity contribution in [1.29, 1.82) is 0 Å². The first-order valence-electron chi connectivity index (χ1n) is 8.23. The largest absolute Gasteiger partial charge is 0.445 e. The van der Waals surface area contributed by atoms with Crippen molar-refractivity contribution in [2.45, 2.75) is 50.9 Å². The van der Waals surface area contributed by atoms with Gasteiger partial charge in [0.15, 0.2) is 0 Å². The number of alkyl halides is 3. The van der Waals surface area contributed by atoms with Crippen LogP contribution in [-0.4, -0.2) is 40.6 Å². The molecule has 11 heteroatoms. The topological polar surface area (TPSA) is 96.0 Å². The minimum Gasteiger partial charge on any atom is -0.349 e. The Hall–Kier alpha value is -2.01. The third kappa shape index (κ3) is 6.06. The lowest BCUT2D eigenvalue weighted by Gasteiger charge is -2.24. The number of rotatable bonds is 6. The molecule has 2 atom stereocenters. The Balaban J connectivity index is 1.86. The molecule has 7 nitrogen and oxygen atoms in total. The highest BCUT2D eigenvalue weighted by atomic mass is 32.1. The molecule has 1 aromatic heterocycles. The van der Waals surface area contributed by atoms with Gasteiger partial charge < -0.3 is 10.6 Å². The SMILES string of the molecule is CC[C@@H](/C=C/C(=O)Nc1nnc(C(F)(F)F)s1)NC(=O)C1CCCCN1. The Morgan fingerprint density at radius 3 is 2.73 bits per heavy atom. The van der Waals surface area contributed by atoms with Crippen LogP contribution in [0.4, 0.5) is 18.3 Å². The molecule has 2 rings (SSSR count). The van der Waals surface area contributed by atoms with Crippen LogP contribution < -0.4 is 16.0 Å². The van der Waals surface area contributed by atoms with Crippen molar-refractivity contribution in [3.8, 4) is 0 Å². The number of piperidine rings is 1. The fourth-order valence-corrected chi connectivity index (χ4v) is 3.00. The predicted molar refractivity (Wildman–Crippen MR) is 90.5 cm³/mol. The van der Waals surface area contributed by atoms with E-state index >= 15 is 0 Å². The van der Waals surface area contributed by atoms with E-state index in [1.54, 1.807) is 0 Å². The molecule has 2 heterocycles. The highest BCUT2D eigenvalue weighted by Gasteiger charge is 2.35. The van der Waals surface area contributed by atoms with Gasteiger partial charge in [0.25, 0.3) is 0 Å². The molecule has 0 bridgehead atoms. The molecule has 26 heavy (non-hydrogen) atoms. The van der Waals surface area contributed by atoms with Crippen LogP contribution in [0.3, 0.4) is 0 Å². The van der Waals surface area contributed by atoms with Gasteiger partial charge in [-0.25, -0.2) is 0 Å². The summed E-state index contributed by atoms with van der Waals surface area (Å²) in [6.45, 7) is 2.65. The van der Waals surface area contributed by atoms with E-state index in [-0.39, 0.29) is 34.5 Å². The average Bonchev–Trinajstić information content (AvgIpc) is 3.08. The summed E-state index contributed by atoms with van der Waals surface area (Å²) in [4.78, 5) is 24.0. The van der Waals surface area contributed by atoms with Gasteiger partial charge in [-0.05, 0) is 25.8 Å². The van der Waals surface area contributed by atoms with Gasteiger partial charge in [0.05, 0.1) is 6.04 Å². The van der Waals surface area contributed by atoms with Crippen LogP contribution in [0.1, 0.15) is 37.6 Å². The molecule has 3 N–H and O–H groups in total. The minimum atomic E-state index is -4.60. The Kier molecular flexibility index (Phi) is 7.09. The average molecular weight is 391 g/mol. The molecule has 0 spiro atoms. The van der Waals surface area contributed by atoms with Crippen molar-refractivity contribution in [2.24, 2.45) is 0 Å². The Morgan fingerprint density at radius 1 is 1.38 bits per heavy atom. The van der Waals surface area contributed by atoms with Gasteiger partial charge in [-0.15, -0.1) is 10.2 Å². The number of amides is 2. The molecule has 1 unspecified atom stereocenters. The van der Waals surface area contributed by atoms with Crippen LogP contribution >= 0.6 is 11.3 Å². The molecule has 144 valence electrons. The number of halogens is 3. The van der Waals surface area contributed by atoms with E-state index < -0.39 is 17.1 Å². The molecule has 1 saturated heterocycles. The third-order valence-corrected chi connectivity index (χ3v) is 4.66. The van der Waals surface area contributed by atoms with Crippen molar-refractivity contribution in [1.82, 2.24) is 20.8 Å². The van der Waals surface area contributed by atoms with E-state index in [0.717, 1.165) is 31.9 Å². The first-order chi connectivity index (χ1) is 12.3. The first kappa shape index (κ1) is 20.3. The number of hydrogen-bond donors (Lipinski definition) is 3. The zero-order chi connectivity index (χ0) is 19.2. The monoisotopic (exact) mass is 391 g/mol. The fourth-order valence-electron chi connectivity index (χ4n) is 2.38. The lowest BCUT2D eigenvalue weighted by Crippen LogP contribution is -2.49. The van der Waals surface area contributed by atoms with E-state index in [1.807, 2.05) is 6.92 Å². The third-order valence-electron chi connectivity index (χ3n) is 3.77. The molecule has 0 saturated carbocycles. The summed E-state index contributed by atoms with van der Waals surface area (Å²) in [7, 11) is 0. The van der Waals surface area contributed by atoms with E-state index in [9.17, 15) is 22.8 Å². The Bertz CT molecular complexity index is 656. The summed E-state index contributed by atoms with van der Waals surface area (Å²) in [5.74, 6) is -0.765. The van der Waals surface area contributed by atoms with Crippen LogP contribution in [0.25, 0.3) is 0 Å². The van der Waals surface area contributed by atoms with Gasteiger partial charge in [-0.2, -0.15) is 13.2 Å². The summed E-state index contributed by atoms with van der Waals surface area (Å²) >= 11 is 0.247. The number of nitrogens with zero attached hydrogens (tertiary/aromatic N) is 2. The molecular formula is C15H20F3N5O2S. The van der Waals surface area contributed by atoms with Gasteiger partial charge >= 0.3 is 6.18 Å². The molecule has 1 aromatic rings. The van der Waals surface area contributed by atoms with Crippen LogP contribution in [-0.2, 0) is 15.8 Å². The summed E-state index contributed by atoms with van der Waals surface area (Å²) in [6.07, 6.45) is 1.44. The van der Waals surface area contributed by atoms with E-state index in [1.165, 1.54) is 6.08 Å². The van der Waals surface area contributed by atoms with Crippen LogP contribution in [0.2, 0.25) is 0 Å². The van der Waals surface area contributed by atoms with Crippen molar-refractivity contribution in [3.63, 3.8) is 0 Å². The molecule has 1 aliphatic heterocycles. The fraction of sp³-hybridized carbons (Fsp3) is 0.600. The van der Waals surface area contributed by atoms with E-state index in [2.05, 4.69) is 26.1 Å². The Morgan fingerprint density at radius 2 is 2.15 bits per heavy atom. The van der Waals surface area contributed by atoms with Crippen molar-refractivity contribution < 1.29 is 22.8 Å². The maximum absolute atomic E-state index is 12.4. The number of carbonyl (C=O) groups excluding carboxylic acids is 2. The lowest BCUT2D eigenvalue weighted by atomic mass is 10.0. The van der Waals surface area contributed by atoms with Crippen molar-refractivity contribution in [3.05, 3.63) is 17.2 Å². The Labute approximate surface area is 152 Å². The van der Waals surface area contributed by atoms with Crippen molar-refractivity contribution in [2.75, 3.05) is 11.9 Å². The summed E-state index contributed by atoms with van der Waals surface area (Å²) < 4.78 is 37.3. The zero-order valence-corrected chi connectivity index (χ0v) is 14.9. The molecular weight excluding hydrogens is 371 g/mol. The maximum atomic E-state index is 12.4. The molecule has 0 aliphatic carbocycles. The van der Waals surface area contributed by atoms with Crippen LogP contribution in [0.15, 0.2) is 12.2 Å². The predicted octanol–water partition coefficient (Wildman–Crippen LogP) is 2.09. The highest BCUT2D eigenvalue weighted by molar-refractivity contribution is 7.15. The summed E-state index contributed by atoms with van der Waals surface area (Å²) in [5, 5.41) is 13.1. The quantitative estimate of drug-likeness (QED) is 0.646. The normalized spacial score (nSPS) is 19.3. The molecule has 0 aromatic carbocycles. The van der Waals surface area contributed by atoms with Gasteiger partial charge in [0.1, 0.15) is 0 Å². The number of hydrogen-bond acceptors (Lipinski definition) is 6. The molecule has 1 fully saturated rings. The highest BCUT2D eigenvalue weighted by Crippen LogP contribution is 2.32. The minimum absolute atomic E-state index is 0.124. The first-order valence-corrected chi connectivity index (χ1v) is 9.05. The number of aromatic nitrogens is 2. The second-order valence-electron chi connectivity index (χ2n) is 5.78. The number of carbonyl (C=O) groups is 2. The zero-order valence-electron chi connectivity index (χ0n) is 14.1. The van der Waals surface area contributed by atoms with Gasteiger partial charge in [0.2, 0.25) is 22.0 Å². The second kappa shape index (κ2) is 9.08. The van der Waals surface area contributed by atoms with E-state index in [4.69, 9.17) is 0 Å². The van der Waals surface area contributed by atoms with Crippen molar-refractivity contribution >= 4 is 28.3 Å². The molecule has 0 radical (unpaired) electrons. The summed E-state index contributed by atoms with van der Waals surface area (Å²) in [5.41, 5.74) is 0. The van der Waals surface area contributed by atoms with Gasteiger partial charge in [0, 0.05) is 12.1 Å². The smallest absolute Gasteiger partial charge is 0.349 e. The van der Waals surface area contributed by atoms with Crippen LogP contribution in [0, 0.1) is 0 Å². The maximum Gasteiger partial charge on any atom is 0.445 e. The standard InChI is InChI=1S/C15H20F3N5O2S/c1-2-9(20-12(25)10-5-3-4-8-19-10)6-7-11(24)21-14-23-22-13(26-14)15(16,17)18/h6-7,9-10,19H,2-5,8H2,1H3,(H,20,25)(H,21,23,24)/b7-6+/t9-,10?/m0/s1. The van der Waals surface area contributed by atoms with E-state index in [0.29, 0.717) is 6.42 Å². The number of anilines is 1. The van der Waals surface area contributed by atoms with Gasteiger partial charge in [-0.3, -0.25) is 14.9 Å². The van der Waals surface area contributed by atoms with Gasteiger partial charge in [-0.1, -0.05) is 30.8 Å². The second-order valence-corrected chi connectivity index (χ2v) is 6.76.